The van der Waals surface area contributed by atoms with Gasteiger partial charge in [0.05, 0.1) is 17.2 Å². The summed E-state index contributed by atoms with van der Waals surface area (Å²) in [6, 6.07) is 12.7. The molecule has 0 aromatic heterocycles. The Kier molecular flexibility index (Phi) is 5.28. The summed E-state index contributed by atoms with van der Waals surface area (Å²) in [5.41, 5.74) is 1.72. The fourth-order valence-electron chi connectivity index (χ4n) is 2.80. The Morgan fingerprint density at radius 1 is 1.23 bits per heavy atom. The number of likely N-dealkylation sites (tertiary alicyclic amines) is 1. The first kappa shape index (κ1) is 17.6. The smallest absolute Gasteiger partial charge is 0.338 e. The van der Waals surface area contributed by atoms with E-state index in [9.17, 15) is 14.0 Å². The summed E-state index contributed by atoms with van der Waals surface area (Å²) < 4.78 is 18.9. The maximum Gasteiger partial charge on any atom is 0.338 e. The van der Waals surface area contributed by atoms with E-state index in [-0.39, 0.29) is 23.6 Å². The third-order valence-corrected chi connectivity index (χ3v) is 4.28. The maximum atomic E-state index is 13.8. The van der Waals surface area contributed by atoms with E-state index in [0.717, 1.165) is 24.6 Å². The highest BCUT2D eigenvalue weighted by Gasteiger charge is 2.20. The highest BCUT2D eigenvalue weighted by Crippen LogP contribution is 2.16. The minimum Gasteiger partial charge on any atom is -0.457 e. The molecule has 3 rings (SSSR count). The molecule has 0 aliphatic carbocycles. The van der Waals surface area contributed by atoms with Crippen LogP contribution in [0, 0.1) is 17.1 Å². The molecule has 2 aromatic rings. The lowest BCUT2D eigenvalue weighted by atomic mass is 10.1. The number of rotatable bonds is 5. The molecule has 1 amide bonds. The summed E-state index contributed by atoms with van der Waals surface area (Å²) >= 11 is 0. The second-order valence-corrected chi connectivity index (χ2v) is 6.11. The second kappa shape index (κ2) is 7.79. The Labute approximate surface area is 150 Å². The number of nitriles is 1. The molecule has 0 bridgehead atoms. The van der Waals surface area contributed by atoms with Crippen LogP contribution < -0.4 is 0 Å². The number of amides is 1. The van der Waals surface area contributed by atoms with E-state index in [1.807, 2.05) is 6.07 Å². The molecule has 26 heavy (non-hydrogen) atoms. The number of ether oxygens (including phenoxy) is 1. The monoisotopic (exact) mass is 352 g/mol. The Balaban J connectivity index is 1.58. The Hall–Kier alpha value is -3.20. The van der Waals surface area contributed by atoms with Crippen molar-refractivity contribution in [1.29, 1.82) is 5.26 Å². The van der Waals surface area contributed by atoms with Gasteiger partial charge >= 0.3 is 5.97 Å². The van der Waals surface area contributed by atoms with Gasteiger partial charge in [-0.05, 0) is 36.2 Å². The second-order valence-electron chi connectivity index (χ2n) is 6.11. The van der Waals surface area contributed by atoms with Crippen LogP contribution >= 0.6 is 0 Å². The van der Waals surface area contributed by atoms with Crippen molar-refractivity contribution >= 4 is 11.9 Å². The number of esters is 1. The molecule has 6 heteroatoms. The summed E-state index contributed by atoms with van der Waals surface area (Å²) in [5, 5.41) is 8.72. The van der Waals surface area contributed by atoms with Gasteiger partial charge in [-0.2, -0.15) is 5.26 Å². The minimum absolute atomic E-state index is 0.151. The molecule has 0 atom stereocenters. The predicted molar refractivity (Wildman–Crippen MR) is 91.3 cm³/mol. The zero-order chi connectivity index (χ0) is 18.5. The molecule has 1 aliphatic heterocycles. The van der Waals surface area contributed by atoms with Gasteiger partial charge in [-0.25, -0.2) is 9.18 Å². The number of carbonyl (C=O) groups excluding carboxylic acids is 2. The number of hydrogen-bond acceptors (Lipinski definition) is 4. The first-order chi connectivity index (χ1) is 12.6. The molecule has 1 heterocycles. The van der Waals surface area contributed by atoms with Gasteiger partial charge in [-0.3, -0.25) is 4.79 Å². The zero-order valence-electron chi connectivity index (χ0n) is 14.1. The van der Waals surface area contributed by atoms with Crippen molar-refractivity contribution in [2.75, 3.05) is 6.54 Å². The Bertz CT molecular complexity index is 872. The Morgan fingerprint density at radius 3 is 2.62 bits per heavy atom. The molecule has 0 radical (unpaired) electrons. The van der Waals surface area contributed by atoms with Gasteiger partial charge in [-0.1, -0.05) is 18.2 Å². The molecule has 2 aromatic carbocycles. The molecular formula is C20H17FN2O3. The molecule has 5 nitrogen and oxygen atoms in total. The van der Waals surface area contributed by atoms with E-state index in [2.05, 4.69) is 0 Å². The number of carbonyl (C=O) groups is 2. The topological polar surface area (TPSA) is 70.4 Å². The summed E-state index contributed by atoms with van der Waals surface area (Å²) in [4.78, 5) is 25.5. The highest BCUT2D eigenvalue weighted by atomic mass is 19.1. The SMILES string of the molecule is N#Cc1ccc(COC(=O)c2ccc(CN3CCCC3=O)cc2)c(F)c1. The number of hydrogen-bond donors (Lipinski definition) is 0. The van der Waals surface area contributed by atoms with Crippen molar-refractivity contribution in [3.05, 3.63) is 70.5 Å². The average molecular weight is 352 g/mol. The molecule has 0 N–H and O–H groups in total. The van der Waals surface area contributed by atoms with Crippen LogP contribution in [0.2, 0.25) is 0 Å². The van der Waals surface area contributed by atoms with Crippen LogP contribution in [0.25, 0.3) is 0 Å². The standard InChI is InChI=1S/C20H17FN2O3/c21-18-10-15(11-22)5-8-17(18)13-26-20(25)16-6-3-14(4-7-16)12-23-9-1-2-19(23)24/h3-8,10H,1-2,9,12-13H2. The molecule has 0 spiro atoms. The van der Waals surface area contributed by atoms with Crippen LogP contribution in [0.4, 0.5) is 4.39 Å². The lowest BCUT2D eigenvalue weighted by Crippen LogP contribution is -2.23. The van der Waals surface area contributed by atoms with E-state index in [4.69, 9.17) is 10.00 Å². The fraction of sp³-hybridized carbons (Fsp3) is 0.250. The van der Waals surface area contributed by atoms with Crippen LogP contribution in [-0.4, -0.2) is 23.3 Å². The first-order valence-corrected chi connectivity index (χ1v) is 8.29. The fourth-order valence-corrected chi connectivity index (χ4v) is 2.80. The van der Waals surface area contributed by atoms with Crippen molar-refractivity contribution in [1.82, 2.24) is 4.90 Å². The van der Waals surface area contributed by atoms with Crippen LogP contribution in [-0.2, 0) is 22.7 Å². The van der Waals surface area contributed by atoms with Gasteiger partial charge in [0, 0.05) is 25.1 Å². The molecule has 0 saturated carbocycles. The average Bonchev–Trinajstić information content (AvgIpc) is 3.05. The van der Waals surface area contributed by atoms with E-state index >= 15 is 0 Å². The van der Waals surface area contributed by atoms with E-state index < -0.39 is 11.8 Å². The third kappa shape index (κ3) is 4.06. The van der Waals surface area contributed by atoms with E-state index in [1.54, 1.807) is 29.2 Å². The maximum absolute atomic E-state index is 13.8. The summed E-state index contributed by atoms with van der Waals surface area (Å²) in [6.07, 6.45) is 1.48. The molecule has 1 fully saturated rings. The van der Waals surface area contributed by atoms with Gasteiger partial charge in [0.2, 0.25) is 5.91 Å². The highest BCUT2D eigenvalue weighted by molar-refractivity contribution is 5.89. The number of nitrogens with zero attached hydrogens (tertiary/aromatic N) is 2. The molecule has 132 valence electrons. The number of halogens is 1. The van der Waals surface area contributed by atoms with Gasteiger partial charge in [0.25, 0.3) is 0 Å². The predicted octanol–water partition coefficient (Wildman–Crippen LogP) is 3.18. The molecule has 1 aliphatic rings. The van der Waals surface area contributed by atoms with E-state index in [0.29, 0.717) is 18.5 Å². The third-order valence-electron chi connectivity index (χ3n) is 4.28. The van der Waals surface area contributed by atoms with Crippen molar-refractivity contribution in [2.45, 2.75) is 26.0 Å². The normalized spacial score (nSPS) is 13.5. The van der Waals surface area contributed by atoms with Crippen LogP contribution in [0.5, 0.6) is 0 Å². The lowest BCUT2D eigenvalue weighted by Gasteiger charge is -2.15. The van der Waals surface area contributed by atoms with Gasteiger partial charge in [0.1, 0.15) is 12.4 Å². The minimum atomic E-state index is -0.581. The van der Waals surface area contributed by atoms with E-state index in [1.165, 1.54) is 12.1 Å². The first-order valence-electron chi connectivity index (χ1n) is 8.29. The van der Waals surface area contributed by atoms with Crippen molar-refractivity contribution in [3.8, 4) is 6.07 Å². The van der Waals surface area contributed by atoms with Crippen LogP contribution in [0.15, 0.2) is 42.5 Å². The van der Waals surface area contributed by atoms with Crippen LogP contribution in [0.3, 0.4) is 0 Å². The summed E-state index contributed by atoms with van der Waals surface area (Å²) in [6.45, 7) is 1.09. The zero-order valence-corrected chi connectivity index (χ0v) is 14.1. The van der Waals surface area contributed by atoms with Gasteiger partial charge < -0.3 is 9.64 Å². The van der Waals surface area contributed by atoms with Crippen molar-refractivity contribution < 1.29 is 18.7 Å². The number of benzene rings is 2. The lowest BCUT2D eigenvalue weighted by molar-refractivity contribution is -0.128. The molecule has 1 saturated heterocycles. The summed E-state index contributed by atoms with van der Waals surface area (Å²) in [5.74, 6) is -0.988. The molecular weight excluding hydrogens is 335 g/mol. The van der Waals surface area contributed by atoms with Gasteiger partial charge in [-0.15, -0.1) is 0 Å². The van der Waals surface area contributed by atoms with Crippen molar-refractivity contribution in [2.24, 2.45) is 0 Å². The summed E-state index contributed by atoms with van der Waals surface area (Å²) in [7, 11) is 0. The molecule has 0 unspecified atom stereocenters. The van der Waals surface area contributed by atoms with Crippen LogP contribution in [0.1, 0.15) is 39.9 Å². The van der Waals surface area contributed by atoms with Gasteiger partial charge in [0.15, 0.2) is 0 Å². The quantitative estimate of drug-likeness (QED) is 0.775. The Morgan fingerprint density at radius 2 is 2.00 bits per heavy atom. The van der Waals surface area contributed by atoms with Crippen molar-refractivity contribution in [3.63, 3.8) is 0 Å². The largest absolute Gasteiger partial charge is 0.457 e.